The average Bonchev–Trinajstić information content (AvgIpc) is 3.50. The minimum Gasteiger partial charge on any atom is -0.486 e. The zero-order valence-corrected chi connectivity index (χ0v) is 33.5. The van der Waals surface area contributed by atoms with Gasteiger partial charge in [0, 0.05) is 40.6 Å². The number of hydrogen-bond donors (Lipinski definition) is 0. The van der Waals surface area contributed by atoms with Crippen LogP contribution in [0.3, 0.4) is 0 Å². The van der Waals surface area contributed by atoms with Crippen molar-refractivity contribution in [3.63, 3.8) is 0 Å². The number of benzene rings is 3. The summed E-state index contributed by atoms with van der Waals surface area (Å²) in [5.74, 6) is 6.30. The van der Waals surface area contributed by atoms with Crippen LogP contribution in [0, 0.1) is 18.1 Å². The van der Waals surface area contributed by atoms with Crippen LogP contribution in [0.4, 0.5) is 0 Å². The number of nitrogens with zero attached hydrogens (tertiary/aromatic N) is 3. The Morgan fingerprint density at radius 2 is 1.55 bits per heavy atom. The molecule has 4 aromatic heterocycles. The molecule has 1 radical (unpaired) electrons. The summed E-state index contributed by atoms with van der Waals surface area (Å²) in [5, 5.41) is 1.89. The molecule has 0 fully saturated rings. The van der Waals surface area contributed by atoms with Crippen molar-refractivity contribution in [2.24, 2.45) is 5.92 Å². The summed E-state index contributed by atoms with van der Waals surface area (Å²) in [4.78, 5) is 13.5. The molecule has 0 N–H and O–H groups in total. The fourth-order valence-electron chi connectivity index (χ4n) is 5.82. The molecule has 0 amide bonds. The normalized spacial score (nSPS) is 12.9. The average molecular weight is 886 g/mol. The smallest absolute Gasteiger partial charge is 0.216 e. The minimum absolute atomic E-state index is 0. The van der Waals surface area contributed by atoms with E-state index < -0.39 is 25.5 Å². The Bertz CT molecular complexity index is 2300. The second-order valence-electron chi connectivity index (χ2n) is 13.5. The Kier molecular flexibility index (Phi) is 10.4. The molecule has 0 unspecified atom stereocenters. The van der Waals surface area contributed by atoms with Crippen LogP contribution in [-0.2, 0) is 26.5 Å². The summed E-state index contributed by atoms with van der Waals surface area (Å²) in [6, 6.07) is 36.0. The van der Waals surface area contributed by atoms with Crippen molar-refractivity contribution >= 4 is 39.7 Å². The van der Waals surface area contributed by atoms with Gasteiger partial charge in [-0.25, -0.2) is 4.98 Å². The first-order chi connectivity index (χ1) is 24.1. The zero-order chi connectivity index (χ0) is 36.6. The Balaban J connectivity index is 0.000000217. The molecule has 0 saturated heterocycles. The number of fused-ring (bicyclic) bond motifs is 3. The van der Waals surface area contributed by atoms with Crippen molar-refractivity contribution < 1.29 is 28.6 Å². The van der Waals surface area contributed by atoms with E-state index in [2.05, 4.69) is 62.6 Å². The van der Waals surface area contributed by atoms with Crippen LogP contribution in [0.1, 0.15) is 48.8 Å². The molecule has 0 aliphatic heterocycles. The first-order valence-electron chi connectivity index (χ1n) is 17.9. The maximum atomic E-state index is 8.44. The molecule has 0 aliphatic carbocycles. The van der Waals surface area contributed by atoms with Crippen LogP contribution < -0.4 is 4.40 Å². The quantitative estimate of drug-likeness (QED) is 0.118. The molecule has 7 aromatic rings. The van der Waals surface area contributed by atoms with Crippen LogP contribution in [0.2, 0.25) is 17.3 Å². The van der Waals surface area contributed by atoms with Gasteiger partial charge in [0.25, 0.3) is 0 Å². The summed E-state index contributed by atoms with van der Waals surface area (Å²) in [6.07, 6.45) is 3.99. The van der Waals surface area contributed by atoms with E-state index >= 15 is 0 Å². The molecular formula is C43H43GeIrN3O-2. The number of rotatable bonds is 7. The van der Waals surface area contributed by atoms with Crippen LogP contribution in [0.25, 0.3) is 55.7 Å². The van der Waals surface area contributed by atoms with E-state index in [1.54, 1.807) is 18.5 Å². The summed E-state index contributed by atoms with van der Waals surface area (Å²) < 4.78 is 32.6. The van der Waals surface area contributed by atoms with Crippen LogP contribution in [0.15, 0.2) is 114 Å². The number of furan rings is 1. The Morgan fingerprint density at radius 1 is 0.816 bits per heavy atom. The van der Waals surface area contributed by atoms with Gasteiger partial charge in [0.1, 0.15) is 0 Å². The van der Waals surface area contributed by atoms with Gasteiger partial charge in [0.05, 0.1) is 5.58 Å². The molecule has 0 aliphatic rings. The van der Waals surface area contributed by atoms with Crippen molar-refractivity contribution in [1.82, 2.24) is 15.0 Å². The predicted octanol–water partition coefficient (Wildman–Crippen LogP) is 10.9. The maximum Gasteiger partial charge on any atom is 0.216 e. The molecule has 0 atom stereocenters. The van der Waals surface area contributed by atoms with E-state index in [1.807, 2.05) is 101 Å². The Labute approximate surface area is 311 Å². The van der Waals surface area contributed by atoms with E-state index in [9.17, 15) is 0 Å². The Morgan fingerprint density at radius 3 is 2.24 bits per heavy atom. The van der Waals surface area contributed by atoms with Gasteiger partial charge in [-0.1, -0.05) is 61.2 Å². The van der Waals surface area contributed by atoms with Crippen LogP contribution in [-0.4, -0.2) is 28.2 Å². The van der Waals surface area contributed by atoms with E-state index in [0.717, 1.165) is 44.3 Å². The fourth-order valence-corrected chi connectivity index (χ4v) is 9.14. The van der Waals surface area contributed by atoms with Gasteiger partial charge in [-0.3, -0.25) is 0 Å². The molecule has 4 heterocycles. The number of pyridine rings is 3. The molecule has 7 rings (SSSR count). The summed E-state index contributed by atoms with van der Waals surface area (Å²) in [7, 11) is 0. The standard InChI is InChI=1S/C26H21N2O.C17H22GeN.Ir/c1-17(2)14-18-10-12-27-23(15-18)20-8-9-24-22(16-20)25-21(11-13-28-26(25)29-24)19-6-4-3-5-7-19;1-13(2)15-11-17(14-9-7-6-8-10-14)19-12-16(15)18(3,4)5;/h3-7,9-13,15-17H,14H2,1-2H3;6-9,11-13H,1-5H3;/q2*-1;/i14D2;13D;. The predicted molar refractivity (Wildman–Crippen MR) is 203 cm³/mol. The Hall–Kier alpha value is -3.90. The zero-order valence-electron chi connectivity index (χ0n) is 32.1. The van der Waals surface area contributed by atoms with Gasteiger partial charge in [0.2, 0.25) is 5.71 Å². The number of aromatic nitrogens is 3. The monoisotopic (exact) mass is 887 g/mol. The molecule has 4 nitrogen and oxygen atoms in total. The second-order valence-corrected chi connectivity index (χ2v) is 24.1. The third-order valence-electron chi connectivity index (χ3n) is 8.12. The van der Waals surface area contributed by atoms with Gasteiger partial charge in [-0.2, -0.15) is 0 Å². The first kappa shape index (κ1) is 32.3. The van der Waals surface area contributed by atoms with Crippen molar-refractivity contribution in [2.75, 3.05) is 0 Å². The van der Waals surface area contributed by atoms with Gasteiger partial charge in [-0.15, -0.1) is 23.8 Å². The van der Waals surface area contributed by atoms with Crippen LogP contribution in [0.5, 0.6) is 0 Å². The minimum atomic E-state index is -2.03. The van der Waals surface area contributed by atoms with E-state index in [4.69, 9.17) is 8.53 Å². The maximum absolute atomic E-state index is 8.44. The summed E-state index contributed by atoms with van der Waals surface area (Å²) >= 11 is -2.03. The molecule has 251 valence electrons. The molecule has 0 spiro atoms. The van der Waals surface area contributed by atoms with Crippen LogP contribution >= 0.6 is 0 Å². The largest absolute Gasteiger partial charge is 0.486 e. The molecule has 0 bridgehead atoms. The summed E-state index contributed by atoms with van der Waals surface area (Å²) in [6.45, 7) is 7.68. The first-order valence-corrected chi connectivity index (χ1v) is 23.7. The van der Waals surface area contributed by atoms with E-state index in [1.165, 1.54) is 4.40 Å². The number of hydrogen-bond acceptors (Lipinski definition) is 4. The van der Waals surface area contributed by atoms with E-state index in [-0.39, 0.29) is 26.0 Å². The molecule has 49 heavy (non-hydrogen) atoms. The third-order valence-corrected chi connectivity index (χ3v) is 12.3. The van der Waals surface area contributed by atoms with Gasteiger partial charge in [-0.05, 0) is 41.2 Å². The topological polar surface area (TPSA) is 51.8 Å². The summed E-state index contributed by atoms with van der Waals surface area (Å²) in [5.41, 5.74) is 8.56. The van der Waals surface area contributed by atoms with Gasteiger partial charge < -0.3 is 9.40 Å². The fraction of sp³-hybridized carbons (Fsp3) is 0.233. The molecule has 0 saturated carbocycles. The third kappa shape index (κ3) is 8.46. The van der Waals surface area contributed by atoms with Crippen molar-refractivity contribution in [3.05, 3.63) is 133 Å². The molecular weight excluding hydrogens is 839 g/mol. The van der Waals surface area contributed by atoms with Crippen molar-refractivity contribution in [2.45, 2.75) is 57.2 Å². The van der Waals surface area contributed by atoms with Crippen molar-refractivity contribution in [3.8, 4) is 33.6 Å². The molecule has 3 aromatic carbocycles. The molecule has 6 heteroatoms. The SMILES string of the molecule is [2H]C(C)(C)c1cc(-c2[c-]cccc2)nc[c]1[Ge]([CH3])([CH3])[CH3].[2H]C([2H])(c1ccnc(-c2[c-]cc3oc4nccc(-c5ccccc5)c4c3c2)c1)C(C)C.[Ir]. The van der Waals surface area contributed by atoms with Crippen molar-refractivity contribution in [1.29, 1.82) is 0 Å². The second kappa shape index (κ2) is 15.8. The van der Waals surface area contributed by atoms with E-state index in [0.29, 0.717) is 22.6 Å². The van der Waals surface area contributed by atoms with Gasteiger partial charge in [0.15, 0.2) is 0 Å². The van der Waals surface area contributed by atoms with Gasteiger partial charge >= 0.3 is 120 Å².